The van der Waals surface area contributed by atoms with Gasteiger partial charge in [0, 0.05) is 50.2 Å². The van der Waals surface area contributed by atoms with E-state index in [1.165, 1.54) is 19.3 Å². The van der Waals surface area contributed by atoms with Gasteiger partial charge in [0.1, 0.15) is 0 Å². The largest absolute Gasteiger partial charge is 0.351 e. The quantitative estimate of drug-likeness (QED) is 0.771. The van der Waals surface area contributed by atoms with Crippen LogP contribution in [0.2, 0.25) is 0 Å². The van der Waals surface area contributed by atoms with Crippen molar-refractivity contribution >= 4 is 11.9 Å². The number of carbonyl (C=O) groups excluding carboxylic acids is 2. The highest BCUT2D eigenvalue weighted by molar-refractivity contribution is 5.94. The molecule has 2 aliphatic heterocycles. The fraction of sp³-hybridized carbons (Fsp3) is 0.652. The summed E-state index contributed by atoms with van der Waals surface area (Å²) in [6.07, 6.45) is 5.87. The normalized spacial score (nSPS) is 22.9. The van der Waals surface area contributed by atoms with Gasteiger partial charge in [-0.25, -0.2) is 4.79 Å². The summed E-state index contributed by atoms with van der Waals surface area (Å²) in [5.41, 5.74) is 1.86. The van der Waals surface area contributed by atoms with Crippen LogP contribution in [0.1, 0.15) is 67.8 Å². The summed E-state index contributed by atoms with van der Waals surface area (Å²) >= 11 is 0. The molecule has 3 amide bonds. The van der Waals surface area contributed by atoms with E-state index in [1.54, 1.807) is 0 Å². The van der Waals surface area contributed by atoms with E-state index in [2.05, 4.69) is 28.5 Å². The zero-order chi connectivity index (χ0) is 20.6. The van der Waals surface area contributed by atoms with E-state index < -0.39 is 0 Å². The van der Waals surface area contributed by atoms with Crippen LogP contribution in [0.3, 0.4) is 0 Å². The molecule has 2 heterocycles. The van der Waals surface area contributed by atoms with Gasteiger partial charge in [0.2, 0.25) is 0 Å². The second-order valence-electron chi connectivity index (χ2n) is 8.38. The third-order valence-corrected chi connectivity index (χ3v) is 6.28. The number of hydrogen-bond acceptors (Lipinski definition) is 3. The summed E-state index contributed by atoms with van der Waals surface area (Å²) in [5, 5.41) is 5.97. The third-order valence-electron chi connectivity index (χ3n) is 6.28. The molecule has 6 heteroatoms. The van der Waals surface area contributed by atoms with Crippen molar-refractivity contribution in [1.29, 1.82) is 0 Å². The SMILES string of the molecule is CCNC(=O)N1CCCC(c2cccc(C(=O)NCCN3CCCCC3C)c2)C1. The molecule has 2 atom stereocenters. The molecule has 2 saturated heterocycles. The summed E-state index contributed by atoms with van der Waals surface area (Å²) in [7, 11) is 0. The number of urea groups is 1. The molecule has 1 aromatic carbocycles. The van der Waals surface area contributed by atoms with E-state index >= 15 is 0 Å². The van der Waals surface area contributed by atoms with Gasteiger partial charge in [0.15, 0.2) is 0 Å². The Labute approximate surface area is 175 Å². The minimum atomic E-state index is -0.00657. The van der Waals surface area contributed by atoms with Gasteiger partial charge in [0.05, 0.1) is 0 Å². The Morgan fingerprint density at radius 1 is 1.10 bits per heavy atom. The molecule has 2 unspecified atom stereocenters. The first-order valence-corrected chi connectivity index (χ1v) is 11.2. The predicted molar refractivity (Wildman–Crippen MR) is 116 cm³/mol. The molecule has 0 radical (unpaired) electrons. The zero-order valence-electron chi connectivity index (χ0n) is 18.0. The van der Waals surface area contributed by atoms with Gasteiger partial charge < -0.3 is 15.5 Å². The van der Waals surface area contributed by atoms with Crippen LogP contribution in [0.15, 0.2) is 24.3 Å². The highest BCUT2D eigenvalue weighted by Crippen LogP contribution is 2.27. The topological polar surface area (TPSA) is 64.7 Å². The van der Waals surface area contributed by atoms with Crippen LogP contribution >= 0.6 is 0 Å². The van der Waals surface area contributed by atoms with Gasteiger partial charge in [0.25, 0.3) is 5.91 Å². The smallest absolute Gasteiger partial charge is 0.317 e. The number of amides is 3. The van der Waals surface area contributed by atoms with Crippen molar-refractivity contribution in [1.82, 2.24) is 20.4 Å². The summed E-state index contributed by atoms with van der Waals surface area (Å²) in [4.78, 5) is 29.2. The Bertz CT molecular complexity index is 693. The van der Waals surface area contributed by atoms with E-state index in [0.29, 0.717) is 31.2 Å². The Morgan fingerprint density at radius 3 is 2.76 bits per heavy atom. The molecular weight excluding hydrogens is 364 g/mol. The lowest BCUT2D eigenvalue weighted by molar-refractivity contribution is 0.0938. The summed E-state index contributed by atoms with van der Waals surface area (Å²) < 4.78 is 0. The number of likely N-dealkylation sites (tertiary alicyclic amines) is 2. The molecule has 1 aromatic rings. The van der Waals surface area contributed by atoms with Gasteiger partial charge in [-0.15, -0.1) is 0 Å². The van der Waals surface area contributed by atoms with Crippen LogP contribution in [0, 0.1) is 0 Å². The van der Waals surface area contributed by atoms with Gasteiger partial charge in [-0.05, 0) is 63.8 Å². The van der Waals surface area contributed by atoms with Crippen molar-refractivity contribution in [3.05, 3.63) is 35.4 Å². The van der Waals surface area contributed by atoms with Crippen LogP contribution in [-0.2, 0) is 0 Å². The van der Waals surface area contributed by atoms with E-state index in [-0.39, 0.29) is 17.9 Å². The molecule has 160 valence electrons. The van der Waals surface area contributed by atoms with Crippen molar-refractivity contribution in [2.45, 2.75) is 57.9 Å². The maximum Gasteiger partial charge on any atom is 0.317 e. The lowest BCUT2D eigenvalue weighted by atomic mass is 9.89. The van der Waals surface area contributed by atoms with Crippen molar-refractivity contribution in [3.8, 4) is 0 Å². The number of rotatable bonds is 6. The lowest BCUT2D eigenvalue weighted by Crippen LogP contribution is -2.44. The standard InChI is InChI=1S/C23H36N4O2/c1-3-24-23(29)27-14-7-11-21(17-27)19-9-6-10-20(16-19)22(28)25-12-15-26-13-5-4-8-18(26)2/h6,9-10,16,18,21H,3-5,7-8,11-15,17H2,1-2H3,(H,24,29)(H,25,28). The minimum absolute atomic E-state index is 0.00657. The Morgan fingerprint density at radius 2 is 1.97 bits per heavy atom. The monoisotopic (exact) mass is 400 g/mol. The van der Waals surface area contributed by atoms with Gasteiger partial charge in [-0.2, -0.15) is 0 Å². The fourth-order valence-electron chi connectivity index (χ4n) is 4.54. The molecule has 6 nitrogen and oxygen atoms in total. The van der Waals surface area contributed by atoms with Gasteiger partial charge in [-0.1, -0.05) is 18.6 Å². The highest BCUT2D eigenvalue weighted by Gasteiger charge is 2.25. The molecule has 2 fully saturated rings. The van der Waals surface area contributed by atoms with Crippen LogP contribution < -0.4 is 10.6 Å². The first-order chi connectivity index (χ1) is 14.1. The van der Waals surface area contributed by atoms with E-state index in [1.807, 2.05) is 30.0 Å². The maximum atomic E-state index is 12.7. The number of carbonyl (C=O) groups is 2. The van der Waals surface area contributed by atoms with Crippen LogP contribution in [0.25, 0.3) is 0 Å². The van der Waals surface area contributed by atoms with Crippen molar-refractivity contribution in [2.24, 2.45) is 0 Å². The van der Waals surface area contributed by atoms with Crippen molar-refractivity contribution in [2.75, 3.05) is 39.3 Å². The average molecular weight is 401 g/mol. The summed E-state index contributed by atoms with van der Waals surface area (Å²) in [6.45, 7) is 9.11. The average Bonchev–Trinajstić information content (AvgIpc) is 2.75. The molecule has 0 saturated carbocycles. The molecular formula is C23H36N4O2. The first-order valence-electron chi connectivity index (χ1n) is 11.2. The van der Waals surface area contributed by atoms with Crippen molar-refractivity contribution in [3.63, 3.8) is 0 Å². The van der Waals surface area contributed by atoms with Crippen LogP contribution in [0.4, 0.5) is 4.79 Å². The Hall–Kier alpha value is -2.08. The summed E-state index contributed by atoms with van der Waals surface area (Å²) in [5.74, 6) is 0.279. The second-order valence-corrected chi connectivity index (χ2v) is 8.38. The van der Waals surface area contributed by atoms with E-state index in [9.17, 15) is 9.59 Å². The van der Waals surface area contributed by atoms with Crippen LogP contribution in [-0.4, -0.2) is 67.0 Å². The Kier molecular flexibility index (Phi) is 7.92. The molecule has 29 heavy (non-hydrogen) atoms. The molecule has 0 spiro atoms. The number of hydrogen-bond donors (Lipinski definition) is 2. The second kappa shape index (κ2) is 10.6. The minimum Gasteiger partial charge on any atom is -0.351 e. The van der Waals surface area contributed by atoms with Gasteiger partial charge in [-0.3, -0.25) is 9.69 Å². The molecule has 2 aliphatic rings. The number of nitrogens with zero attached hydrogens (tertiary/aromatic N) is 2. The predicted octanol–water partition coefficient (Wildman–Crippen LogP) is 3.20. The Balaban J connectivity index is 1.54. The fourth-order valence-corrected chi connectivity index (χ4v) is 4.54. The number of benzene rings is 1. The summed E-state index contributed by atoms with van der Waals surface area (Å²) in [6, 6.07) is 8.55. The molecule has 0 bridgehead atoms. The highest BCUT2D eigenvalue weighted by atomic mass is 16.2. The molecule has 0 aliphatic carbocycles. The van der Waals surface area contributed by atoms with E-state index in [4.69, 9.17) is 0 Å². The molecule has 0 aromatic heterocycles. The number of nitrogens with one attached hydrogen (secondary N) is 2. The lowest BCUT2D eigenvalue weighted by Gasteiger charge is -2.33. The van der Waals surface area contributed by atoms with Gasteiger partial charge >= 0.3 is 6.03 Å². The molecule has 2 N–H and O–H groups in total. The van der Waals surface area contributed by atoms with Crippen LogP contribution in [0.5, 0.6) is 0 Å². The first kappa shape index (κ1) is 21.6. The molecule has 3 rings (SSSR count). The third kappa shape index (κ3) is 5.95. The maximum absolute atomic E-state index is 12.7. The zero-order valence-corrected chi connectivity index (χ0v) is 18.0. The number of piperidine rings is 2. The van der Waals surface area contributed by atoms with Crippen molar-refractivity contribution < 1.29 is 9.59 Å². The van der Waals surface area contributed by atoms with E-state index in [0.717, 1.165) is 38.0 Å².